The summed E-state index contributed by atoms with van der Waals surface area (Å²) in [4.78, 5) is 11.3. The van der Waals surface area contributed by atoms with Crippen LogP contribution in [0.2, 0.25) is 0 Å². The SMILES string of the molecule is Cc1nn(C)cc1CNCC(=O)NC(C)C. The van der Waals surface area contributed by atoms with Crippen LogP contribution < -0.4 is 10.6 Å². The molecule has 0 saturated carbocycles. The van der Waals surface area contributed by atoms with Crippen LogP contribution in [0.5, 0.6) is 0 Å². The average molecular weight is 224 g/mol. The van der Waals surface area contributed by atoms with Crippen LogP contribution in [0, 0.1) is 6.92 Å². The number of hydrogen-bond acceptors (Lipinski definition) is 3. The first kappa shape index (κ1) is 12.7. The zero-order chi connectivity index (χ0) is 12.1. The highest BCUT2D eigenvalue weighted by Crippen LogP contribution is 2.03. The lowest BCUT2D eigenvalue weighted by Gasteiger charge is -2.08. The summed E-state index contributed by atoms with van der Waals surface area (Å²) in [5, 5.41) is 10.2. The van der Waals surface area contributed by atoms with Crippen molar-refractivity contribution >= 4 is 5.91 Å². The molecule has 0 aliphatic rings. The second-order valence-electron chi connectivity index (χ2n) is 4.24. The van der Waals surface area contributed by atoms with E-state index in [2.05, 4.69) is 15.7 Å². The van der Waals surface area contributed by atoms with E-state index < -0.39 is 0 Å². The van der Waals surface area contributed by atoms with Crippen LogP contribution in [0.3, 0.4) is 0 Å². The van der Waals surface area contributed by atoms with Crippen molar-refractivity contribution in [3.8, 4) is 0 Å². The Hall–Kier alpha value is -1.36. The average Bonchev–Trinajstić information content (AvgIpc) is 2.44. The minimum atomic E-state index is 0.0246. The first-order chi connectivity index (χ1) is 7.49. The van der Waals surface area contributed by atoms with Gasteiger partial charge in [0.1, 0.15) is 0 Å². The maximum Gasteiger partial charge on any atom is 0.234 e. The predicted octanol–water partition coefficient (Wildman–Crippen LogP) is 0.343. The maximum atomic E-state index is 11.3. The van der Waals surface area contributed by atoms with Gasteiger partial charge < -0.3 is 10.6 Å². The van der Waals surface area contributed by atoms with E-state index in [4.69, 9.17) is 0 Å². The molecule has 1 amide bonds. The van der Waals surface area contributed by atoms with Crippen molar-refractivity contribution in [2.75, 3.05) is 6.54 Å². The summed E-state index contributed by atoms with van der Waals surface area (Å²) in [6.45, 7) is 6.87. The van der Waals surface area contributed by atoms with E-state index >= 15 is 0 Å². The maximum absolute atomic E-state index is 11.3. The first-order valence-electron chi connectivity index (χ1n) is 5.48. The number of hydrogen-bond donors (Lipinski definition) is 2. The van der Waals surface area contributed by atoms with Gasteiger partial charge in [0, 0.05) is 31.4 Å². The zero-order valence-electron chi connectivity index (χ0n) is 10.4. The summed E-state index contributed by atoms with van der Waals surface area (Å²) >= 11 is 0. The lowest BCUT2D eigenvalue weighted by atomic mass is 10.2. The molecule has 1 aromatic heterocycles. The van der Waals surface area contributed by atoms with Gasteiger partial charge in [0.05, 0.1) is 12.2 Å². The van der Waals surface area contributed by atoms with Crippen molar-refractivity contribution in [3.05, 3.63) is 17.5 Å². The number of rotatable bonds is 5. The van der Waals surface area contributed by atoms with Gasteiger partial charge >= 0.3 is 0 Å². The van der Waals surface area contributed by atoms with E-state index in [0.29, 0.717) is 13.1 Å². The summed E-state index contributed by atoms with van der Waals surface area (Å²) in [5.41, 5.74) is 2.12. The van der Waals surface area contributed by atoms with Crippen LogP contribution in [-0.4, -0.2) is 28.3 Å². The number of nitrogens with one attached hydrogen (secondary N) is 2. The fraction of sp³-hybridized carbons (Fsp3) is 0.636. The molecule has 0 unspecified atom stereocenters. The van der Waals surface area contributed by atoms with Crippen LogP contribution >= 0.6 is 0 Å². The Morgan fingerprint density at radius 1 is 1.56 bits per heavy atom. The van der Waals surface area contributed by atoms with Gasteiger partial charge in [-0.05, 0) is 20.8 Å². The smallest absolute Gasteiger partial charge is 0.234 e. The molecule has 1 heterocycles. The van der Waals surface area contributed by atoms with E-state index in [0.717, 1.165) is 11.3 Å². The van der Waals surface area contributed by atoms with E-state index in [1.165, 1.54) is 0 Å². The molecule has 5 heteroatoms. The van der Waals surface area contributed by atoms with Crippen LogP contribution in [0.4, 0.5) is 0 Å². The molecular formula is C11H20N4O. The lowest BCUT2D eigenvalue weighted by Crippen LogP contribution is -2.37. The molecular weight excluding hydrogens is 204 g/mol. The van der Waals surface area contributed by atoms with Crippen molar-refractivity contribution in [2.45, 2.75) is 33.4 Å². The Kier molecular flexibility index (Phi) is 4.49. The molecule has 16 heavy (non-hydrogen) atoms. The van der Waals surface area contributed by atoms with Gasteiger partial charge in [-0.25, -0.2) is 0 Å². The van der Waals surface area contributed by atoms with Gasteiger partial charge in [0.25, 0.3) is 0 Å². The van der Waals surface area contributed by atoms with Crippen LogP contribution in [-0.2, 0) is 18.4 Å². The fourth-order valence-corrected chi connectivity index (χ4v) is 1.51. The summed E-state index contributed by atoms with van der Waals surface area (Å²) < 4.78 is 1.78. The Morgan fingerprint density at radius 3 is 2.75 bits per heavy atom. The van der Waals surface area contributed by atoms with Gasteiger partial charge in [-0.2, -0.15) is 5.10 Å². The van der Waals surface area contributed by atoms with E-state index in [-0.39, 0.29) is 11.9 Å². The summed E-state index contributed by atoms with van der Waals surface area (Å²) in [6, 6.07) is 0.189. The van der Waals surface area contributed by atoms with Gasteiger partial charge in [0.15, 0.2) is 0 Å². The Labute approximate surface area is 96.2 Å². The first-order valence-corrected chi connectivity index (χ1v) is 5.48. The lowest BCUT2D eigenvalue weighted by molar-refractivity contribution is -0.120. The van der Waals surface area contributed by atoms with Crippen molar-refractivity contribution in [1.82, 2.24) is 20.4 Å². The second kappa shape index (κ2) is 5.65. The van der Waals surface area contributed by atoms with Gasteiger partial charge in [0.2, 0.25) is 5.91 Å². The quantitative estimate of drug-likeness (QED) is 0.758. The van der Waals surface area contributed by atoms with Crippen molar-refractivity contribution in [3.63, 3.8) is 0 Å². The van der Waals surface area contributed by atoms with Crippen molar-refractivity contribution in [1.29, 1.82) is 0 Å². The molecule has 0 aromatic carbocycles. The molecule has 0 fully saturated rings. The molecule has 0 bridgehead atoms. The van der Waals surface area contributed by atoms with Crippen LogP contribution in [0.1, 0.15) is 25.1 Å². The molecule has 1 rings (SSSR count). The summed E-state index contributed by atoms with van der Waals surface area (Å²) in [6.07, 6.45) is 1.96. The van der Waals surface area contributed by atoms with E-state index in [1.807, 2.05) is 34.0 Å². The van der Waals surface area contributed by atoms with Crippen molar-refractivity contribution in [2.24, 2.45) is 7.05 Å². The molecule has 0 radical (unpaired) electrons. The molecule has 0 saturated heterocycles. The van der Waals surface area contributed by atoms with Crippen LogP contribution in [0.15, 0.2) is 6.20 Å². The van der Waals surface area contributed by atoms with Gasteiger partial charge in [-0.15, -0.1) is 0 Å². The number of aryl methyl sites for hydroxylation is 2. The largest absolute Gasteiger partial charge is 0.353 e. The zero-order valence-corrected chi connectivity index (χ0v) is 10.4. The van der Waals surface area contributed by atoms with Gasteiger partial charge in [-0.3, -0.25) is 9.48 Å². The Balaban J connectivity index is 2.30. The number of carbonyl (C=O) groups excluding carboxylic acids is 1. The molecule has 0 spiro atoms. The second-order valence-corrected chi connectivity index (χ2v) is 4.24. The van der Waals surface area contributed by atoms with Crippen molar-refractivity contribution < 1.29 is 4.79 Å². The van der Waals surface area contributed by atoms with E-state index in [1.54, 1.807) is 4.68 Å². The molecule has 0 aliphatic carbocycles. The fourth-order valence-electron chi connectivity index (χ4n) is 1.51. The van der Waals surface area contributed by atoms with Gasteiger partial charge in [-0.1, -0.05) is 0 Å². The Morgan fingerprint density at radius 2 is 2.25 bits per heavy atom. The number of aromatic nitrogens is 2. The number of amides is 1. The third-order valence-electron chi connectivity index (χ3n) is 2.17. The summed E-state index contributed by atoms with van der Waals surface area (Å²) in [7, 11) is 1.89. The molecule has 2 N–H and O–H groups in total. The molecule has 0 atom stereocenters. The minimum Gasteiger partial charge on any atom is -0.353 e. The number of nitrogens with zero attached hydrogens (tertiary/aromatic N) is 2. The topological polar surface area (TPSA) is 59.0 Å². The Bertz CT molecular complexity index is 357. The predicted molar refractivity (Wildman–Crippen MR) is 62.9 cm³/mol. The van der Waals surface area contributed by atoms with E-state index in [9.17, 15) is 4.79 Å². The third-order valence-corrected chi connectivity index (χ3v) is 2.17. The summed E-state index contributed by atoms with van der Waals surface area (Å²) in [5.74, 6) is 0.0246. The standard InChI is InChI=1S/C11H20N4O/c1-8(2)13-11(16)6-12-5-10-7-15(4)14-9(10)3/h7-8,12H,5-6H2,1-4H3,(H,13,16). The highest BCUT2D eigenvalue weighted by molar-refractivity contribution is 5.78. The monoisotopic (exact) mass is 224 g/mol. The highest BCUT2D eigenvalue weighted by atomic mass is 16.1. The highest BCUT2D eigenvalue weighted by Gasteiger charge is 2.05. The molecule has 90 valence electrons. The normalized spacial score (nSPS) is 10.8. The third kappa shape index (κ3) is 4.02. The van der Waals surface area contributed by atoms with Crippen LogP contribution in [0.25, 0.3) is 0 Å². The minimum absolute atomic E-state index is 0.0246. The molecule has 5 nitrogen and oxygen atoms in total. The number of carbonyl (C=O) groups is 1. The molecule has 0 aliphatic heterocycles. The molecule has 1 aromatic rings.